The van der Waals surface area contributed by atoms with E-state index in [0.29, 0.717) is 16.9 Å². The van der Waals surface area contributed by atoms with Gasteiger partial charge in [0.15, 0.2) is 0 Å². The third-order valence-corrected chi connectivity index (χ3v) is 4.69. The number of para-hydroxylation sites is 1. The van der Waals surface area contributed by atoms with Crippen molar-refractivity contribution in [3.05, 3.63) is 101 Å². The number of imide groups is 2. The highest BCUT2D eigenvalue weighted by Gasteiger charge is 2.37. The molecule has 0 saturated carbocycles. The fourth-order valence-corrected chi connectivity index (χ4v) is 3.16. The number of hydrogen-bond acceptors (Lipinski definition) is 4. The fourth-order valence-electron chi connectivity index (χ4n) is 3.16. The van der Waals surface area contributed by atoms with E-state index in [-0.39, 0.29) is 17.9 Å². The average molecular weight is 434 g/mol. The summed E-state index contributed by atoms with van der Waals surface area (Å²) in [5.41, 5.74) is 0.835. The number of carbonyl (C=O) groups is 3. The molecule has 1 heterocycles. The van der Waals surface area contributed by atoms with E-state index in [9.17, 15) is 23.2 Å². The van der Waals surface area contributed by atoms with Crippen molar-refractivity contribution in [2.45, 2.75) is 6.61 Å². The maximum Gasteiger partial charge on any atom is 0.335 e. The Bertz CT molecular complexity index is 1240. The molecule has 4 rings (SSSR count). The van der Waals surface area contributed by atoms with E-state index in [4.69, 9.17) is 4.74 Å². The van der Waals surface area contributed by atoms with Crippen LogP contribution >= 0.6 is 0 Å². The van der Waals surface area contributed by atoms with Gasteiger partial charge in [-0.2, -0.15) is 0 Å². The van der Waals surface area contributed by atoms with Crippen molar-refractivity contribution in [2.75, 3.05) is 4.90 Å². The lowest BCUT2D eigenvalue weighted by Crippen LogP contribution is -2.54. The van der Waals surface area contributed by atoms with E-state index in [0.717, 1.165) is 17.0 Å². The van der Waals surface area contributed by atoms with Gasteiger partial charge in [0.05, 0.1) is 5.69 Å². The number of nitrogens with zero attached hydrogens (tertiary/aromatic N) is 1. The molecule has 1 saturated heterocycles. The molecule has 0 unspecified atom stereocenters. The van der Waals surface area contributed by atoms with Gasteiger partial charge in [-0.3, -0.25) is 14.9 Å². The number of hydrogen-bond donors (Lipinski definition) is 1. The molecule has 32 heavy (non-hydrogen) atoms. The Morgan fingerprint density at radius 1 is 0.875 bits per heavy atom. The number of barbiturate groups is 1. The summed E-state index contributed by atoms with van der Waals surface area (Å²) in [7, 11) is 0. The van der Waals surface area contributed by atoms with Crippen LogP contribution in [0.15, 0.2) is 78.4 Å². The van der Waals surface area contributed by atoms with Crippen molar-refractivity contribution in [3.8, 4) is 5.75 Å². The number of anilines is 1. The molecular weight excluding hydrogens is 418 g/mol. The number of nitrogens with one attached hydrogen (secondary N) is 1. The summed E-state index contributed by atoms with van der Waals surface area (Å²) in [6, 6.07) is 16.4. The molecule has 1 fully saturated rings. The minimum atomic E-state index is -0.931. The van der Waals surface area contributed by atoms with Crippen LogP contribution in [0.25, 0.3) is 6.08 Å². The van der Waals surface area contributed by atoms with Crippen LogP contribution in [0.2, 0.25) is 0 Å². The number of amides is 4. The van der Waals surface area contributed by atoms with Crippen LogP contribution in [-0.4, -0.2) is 17.8 Å². The van der Waals surface area contributed by atoms with E-state index in [1.807, 2.05) is 0 Å². The first-order valence-corrected chi connectivity index (χ1v) is 9.55. The monoisotopic (exact) mass is 434 g/mol. The highest BCUT2D eigenvalue weighted by atomic mass is 19.1. The lowest BCUT2D eigenvalue weighted by atomic mass is 10.1. The molecule has 3 aromatic carbocycles. The van der Waals surface area contributed by atoms with Gasteiger partial charge in [-0.15, -0.1) is 0 Å². The number of halogens is 2. The average Bonchev–Trinajstić information content (AvgIpc) is 2.77. The topological polar surface area (TPSA) is 75.7 Å². The summed E-state index contributed by atoms with van der Waals surface area (Å²) in [5, 5.41) is 2.11. The highest BCUT2D eigenvalue weighted by molar-refractivity contribution is 6.39. The predicted molar refractivity (Wildman–Crippen MR) is 113 cm³/mol. The van der Waals surface area contributed by atoms with Crippen LogP contribution in [0, 0.1) is 11.6 Å². The molecule has 0 aromatic heterocycles. The van der Waals surface area contributed by atoms with Crippen molar-refractivity contribution < 1.29 is 27.9 Å². The second-order valence-corrected chi connectivity index (χ2v) is 6.89. The SMILES string of the molecule is O=C1NC(=O)N(c2ccc(F)cc2)C(=O)/C1=C/c1ccccc1OCc1cccc(F)c1. The summed E-state index contributed by atoms with van der Waals surface area (Å²) >= 11 is 0. The minimum Gasteiger partial charge on any atom is -0.488 e. The maximum absolute atomic E-state index is 13.4. The minimum absolute atomic E-state index is 0.0677. The van der Waals surface area contributed by atoms with Crippen LogP contribution in [-0.2, 0) is 16.2 Å². The number of benzene rings is 3. The van der Waals surface area contributed by atoms with Crippen molar-refractivity contribution in [2.24, 2.45) is 0 Å². The smallest absolute Gasteiger partial charge is 0.335 e. The van der Waals surface area contributed by atoms with Gasteiger partial charge >= 0.3 is 6.03 Å². The molecule has 1 aliphatic heterocycles. The van der Waals surface area contributed by atoms with Crippen molar-refractivity contribution >= 4 is 29.6 Å². The third-order valence-electron chi connectivity index (χ3n) is 4.69. The molecule has 160 valence electrons. The molecule has 4 amide bonds. The lowest BCUT2D eigenvalue weighted by molar-refractivity contribution is -0.122. The summed E-state index contributed by atoms with van der Waals surface area (Å²) < 4.78 is 32.4. The van der Waals surface area contributed by atoms with E-state index in [1.165, 1.54) is 30.3 Å². The Morgan fingerprint density at radius 2 is 1.62 bits per heavy atom. The normalized spacial score (nSPS) is 15.1. The summed E-state index contributed by atoms with van der Waals surface area (Å²) in [6.45, 7) is 0.0677. The van der Waals surface area contributed by atoms with Gasteiger partial charge in [0.2, 0.25) is 0 Å². The maximum atomic E-state index is 13.4. The largest absolute Gasteiger partial charge is 0.488 e. The molecule has 0 radical (unpaired) electrons. The van der Waals surface area contributed by atoms with Gasteiger partial charge < -0.3 is 4.74 Å². The van der Waals surface area contributed by atoms with Gasteiger partial charge in [-0.25, -0.2) is 18.5 Å². The highest BCUT2D eigenvalue weighted by Crippen LogP contribution is 2.26. The number of carbonyl (C=O) groups excluding carboxylic acids is 3. The number of ether oxygens (including phenoxy) is 1. The molecular formula is C24H16F2N2O4. The summed E-state index contributed by atoms with van der Waals surface area (Å²) in [5.74, 6) is -2.29. The Hall–Kier alpha value is -4.33. The fraction of sp³-hybridized carbons (Fsp3) is 0.0417. The Kier molecular flexibility index (Phi) is 5.76. The van der Waals surface area contributed by atoms with E-state index in [1.54, 1.807) is 36.4 Å². The molecule has 0 bridgehead atoms. The van der Waals surface area contributed by atoms with Gasteiger partial charge in [0.25, 0.3) is 11.8 Å². The summed E-state index contributed by atoms with van der Waals surface area (Å²) in [6.07, 6.45) is 1.31. The molecule has 1 N–H and O–H groups in total. The van der Waals surface area contributed by atoms with Gasteiger partial charge in [-0.1, -0.05) is 30.3 Å². The standard InChI is InChI=1S/C24H16F2N2O4/c25-17-8-10-19(11-9-17)28-23(30)20(22(29)27-24(28)31)13-16-5-1-2-7-21(16)32-14-15-4-3-6-18(26)12-15/h1-13H,14H2,(H,27,29,31)/b20-13+. The van der Waals surface area contributed by atoms with Crippen LogP contribution in [0.1, 0.15) is 11.1 Å². The molecule has 1 aliphatic rings. The molecule has 0 spiro atoms. The quantitative estimate of drug-likeness (QED) is 0.482. The van der Waals surface area contributed by atoms with E-state index >= 15 is 0 Å². The second-order valence-electron chi connectivity index (χ2n) is 6.89. The van der Waals surface area contributed by atoms with Gasteiger partial charge in [0, 0.05) is 5.56 Å². The number of urea groups is 1. The van der Waals surface area contributed by atoms with Crippen LogP contribution in [0.3, 0.4) is 0 Å². The molecule has 6 nitrogen and oxygen atoms in total. The van der Waals surface area contributed by atoms with Gasteiger partial charge in [-0.05, 0) is 54.1 Å². The van der Waals surface area contributed by atoms with Crippen molar-refractivity contribution in [1.29, 1.82) is 0 Å². The Labute approximate surface area is 181 Å². The van der Waals surface area contributed by atoms with Crippen LogP contribution in [0.4, 0.5) is 19.3 Å². The Morgan fingerprint density at radius 3 is 2.38 bits per heavy atom. The zero-order valence-electron chi connectivity index (χ0n) is 16.5. The molecule has 0 aliphatic carbocycles. The first-order chi connectivity index (χ1) is 15.4. The van der Waals surface area contributed by atoms with Crippen LogP contribution < -0.4 is 15.0 Å². The van der Waals surface area contributed by atoms with Gasteiger partial charge in [0.1, 0.15) is 29.6 Å². The van der Waals surface area contributed by atoms with E-state index in [2.05, 4.69) is 5.32 Å². The third kappa shape index (κ3) is 4.39. The predicted octanol–water partition coefficient (Wildman–Crippen LogP) is 4.21. The first kappa shape index (κ1) is 20.9. The Balaban J connectivity index is 1.63. The second kappa shape index (κ2) is 8.81. The molecule has 8 heteroatoms. The van der Waals surface area contributed by atoms with Crippen LogP contribution in [0.5, 0.6) is 5.75 Å². The van der Waals surface area contributed by atoms with E-state index < -0.39 is 29.5 Å². The van der Waals surface area contributed by atoms with Crippen molar-refractivity contribution in [3.63, 3.8) is 0 Å². The zero-order valence-corrected chi connectivity index (χ0v) is 16.5. The first-order valence-electron chi connectivity index (χ1n) is 9.55. The molecule has 0 atom stereocenters. The zero-order chi connectivity index (χ0) is 22.7. The summed E-state index contributed by atoms with van der Waals surface area (Å²) in [4.78, 5) is 38.4. The van der Waals surface area contributed by atoms with Crippen molar-refractivity contribution in [1.82, 2.24) is 5.32 Å². The lowest BCUT2D eigenvalue weighted by Gasteiger charge is -2.26. The molecule has 3 aromatic rings. The number of rotatable bonds is 5.